The topological polar surface area (TPSA) is 74.8 Å². The lowest BCUT2D eigenvalue weighted by atomic mass is 10.2. The molecule has 7 nitrogen and oxygen atoms in total. The van der Waals surface area contributed by atoms with Crippen molar-refractivity contribution in [1.29, 1.82) is 0 Å². The first-order valence-corrected chi connectivity index (χ1v) is 9.63. The molecule has 0 bridgehead atoms. The van der Waals surface area contributed by atoms with Crippen molar-refractivity contribution in [2.45, 2.75) is 25.5 Å². The van der Waals surface area contributed by atoms with Gasteiger partial charge in [0.25, 0.3) is 0 Å². The SMILES string of the molecule is COCCn1c(C)cc(C(=O)CSc2nnc(-c3ccncc3)n2C)c1C. The first-order valence-electron chi connectivity index (χ1n) is 8.64. The summed E-state index contributed by atoms with van der Waals surface area (Å²) in [6.45, 7) is 5.35. The summed E-state index contributed by atoms with van der Waals surface area (Å²) in [5.74, 6) is 1.16. The molecular weight excluding hydrogens is 362 g/mol. The van der Waals surface area contributed by atoms with E-state index in [1.165, 1.54) is 11.8 Å². The Bertz CT molecular complexity index is 933. The number of rotatable bonds is 8. The Hall–Kier alpha value is -2.45. The lowest BCUT2D eigenvalue weighted by molar-refractivity contribution is 0.102. The zero-order chi connectivity index (χ0) is 19.4. The van der Waals surface area contributed by atoms with Crippen molar-refractivity contribution >= 4 is 17.5 Å². The molecule has 3 aromatic rings. The second-order valence-electron chi connectivity index (χ2n) is 6.24. The number of thioether (sulfide) groups is 1. The van der Waals surface area contributed by atoms with Gasteiger partial charge in [-0.3, -0.25) is 9.78 Å². The van der Waals surface area contributed by atoms with Crippen LogP contribution < -0.4 is 0 Å². The van der Waals surface area contributed by atoms with Crippen LogP contribution in [-0.2, 0) is 18.3 Å². The van der Waals surface area contributed by atoms with Gasteiger partial charge in [-0.15, -0.1) is 10.2 Å². The zero-order valence-corrected chi connectivity index (χ0v) is 16.8. The number of carbonyl (C=O) groups excluding carboxylic acids is 1. The molecule has 3 rings (SSSR count). The van der Waals surface area contributed by atoms with Gasteiger partial charge in [-0.1, -0.05) is 11.8 Å². The number of nitrogens with zero attached hydrogens (tertiary/aromatic N) is 5. The number of carbonyl (C=O) groups is 1. The third-order valence-electron chi connectivity index (χ3n) is 4.50. The molecule has 0 spiro atoms. The number of pyridine rings is 1. The average molecular weight is 385 g/mol. The number of Topliss-reactive ketones (excluding diaryl/α,β-unsaturated/α-hetero) is 1. The standard InChI is InChI=1S/C19H23N5O2S/c1-13-11-16(14(2)24(13)9-10-26-4)17(25)12-27-19-22-21-18(23(19)3)15-5-7-20-8-6-15/h5-8,11H,9-10,12H2,1-4H3. The highest BCUT2D eigenvalue weighted by Gasteiger charge is 2.18. The maximum atomic E-state index is 12.7. The highest BCUT2D eigenvalue weighted by molar-refractivity contribution is 7.99. The minimum absolute atomic E-state index is 0.0882. The number of hydrogen-bond donors (Lipinski definition) is 0. The second-order valence-corrected chi connectivity index (χ2v) is 7.18. The fourth-order valence-corrected chi connectivity index (χ4v) is 3.81. The summed E-state index contributed by atoms with van der Waals surface area (Å²) in [7, 11) is 3.58. The molecule has 0 amide bonds. The van der Waals surface area contributed by atoms with Crippen LogP contribution in [0.2, 0.25) is 0 Å². The van der Waals surface area contributed by atoms with Crippen molar-refractivity contribution in [3.05, 3.63) is 47.5 Å². The number of aryl methyl sites for hydroxylation is 1. The van der Waals surface area contributed by atoms with Gasteiger partial charge in [0.15, 0.2) is 16.8 Å². The Balaban J connectivity index is 1.71. The summed E-state index contributed by atoms with van der Waals surface area (Å²) >= 11 is 1.40. The smallest absolute Gasteiger partial charge is 0.191 e. The lowest BCUT2D eigenvalue weighted by Gasteiger charge is -2.08. The van der Waals surface area contributed by atoms with E-state index >= 15 is 0 Å². The quantitative estimate of drug-likeness (QED) is 0.438. The van der Waals surface area contributed by atoms with Crippen molar-refractivity contribution in [3.63, 3.8) is 0 Å². The van der Waals surface area contributed by atoms with Crippen molar-refractivity contribution < 1.29 is 9.53 Å². The average Bonchev–Trinajstić information content (AvgIpc) is 3.18. The number of aromatic nitrogens is 5. The largest absolute Gasteiger partial charge is 0.383 e. The van der Waals surface area contributed by atoms with Gasteiger partial charge in [-0.05, 0) is 32.0 Å². The van der Waals surface area contributed by atoms with Crippen LogP contribution in [0.3, 0.4) is 0 Å². The number of ketones is 1. The summed E-state index contributed by atoms with van der Waals surface area (Å²) in [5.41, 5.74) is 3.75. The van der Waals surface area contributed by atoms with E-state index in [-0.39, 0.29) is 5.78 Å². The molecule has 0 unspecified atom stereocenters. The molecule has 0 aliphatic heterocycles. The summed E-state index contributed by atoms with van der Waals surface area (Å²) in [4.78, 5) is 16.8. The normalized spacial score (nSPS) is 11.1. The maximum absolute atomic E-state index is 12.7. The van der Waals surface area contributed by atoms with E-state index in [4.69, 9.17) is 4.74 Å². The molecule has 0 atom stereocenters. The molecule has 3 aromatic heterocycles. The molecule has 0 saturated carbocycles. The summed E-state index contributed by atoms with van der Waals surface area (Å²) in [6, 6.07) is 5.73. The summed E-state index contributed by atoms with van der Waals surface area (Å²) < 4.78 is 9.17. The molecular formula is C19H23N5O2S. The Morgan fingerprint density at radius 3 is 2.67 bits per heavy atom. The number of methoxy groups -OCH3 is 1. The van der Waals surface area contributed by atoms with E-state index in [1.54, 1.807) is 19.5 Å². The van der Waals surface area contributed by atoms with Gasteiger partial charge in [-0.2, -0.15) is 0 Å². The van der Waals surface area contributed by atoms with E-state index in [9.17, 15) is 4.79 Å². The summed E-state index contributed by atoms with van der Waals surface area (Å²) in [5, 5.41) is 9.18. The van der Waals surface area contributed by atoms with Crippen LogP contribution >= 0.6 is 11.8 Å². The van der Waals surface area contributed by atoms with Crippen LogP contribution in [0, 0.1) is 13.8 Å². The van der Waals surface area contributed by atoms with Crippen LogP contribution in [0.5, 0.6) is 0 Å². The van der Waals surface area contributed by atoms with Crippen molar-refractivity contribution in [1.82, 2.24) is 24.3 Å². The first-order chi connectivity index (χ1) is 13.0. The van der Waals surface area contributed by atoms with Crippen molar-refractivity contribution in [2.75, 3.05) is 19.5 Å². The number of ether oxygens (including phenoxy) is 1. The maximum Gasteiger partial charge on any atom is 0.191 e. The molecule has 0 radical (unpaired) electrons. The fraction of sp³-hybridized carbons (Fsp3) is 0.368. The Morgan fingerprint density at radius 1 is 1.22 bits per heavy atom. The minimum atomic E-state index is 0.0882. The van der Waals surface area contributed by atoms with Gasteiger partial charge in [0.1, 0.15) is 0 Å². The molecule has 0 aliphatic carbocycles. The molecule has 0 saturated heterocycles. The Labute approximate surface area is 162 Å². The van der Waals surface area contributed by atoms with Crippen molar-refractivity contribution in [3.8, 4) is 11.4 Å². The van der Waals surface area contributed by atoms with E-state index in [0.29, 0.717) is 17.5 Å². The molecule has 3 heterocycles. The molecule has 0 aliphatic rings. The molecule has 8 heteroatoms. The minimum Gasteiger partial charge on any atom is -0.383 e. The predicted octanol–water partition coefficient (Wildman–Crippen LogP) is 2.92. The van der Waals surface area contributed by atoms with Crippen LogP contribution in [0.25, 0.3) is 11.4 Å². The Kier molecular flexibility index (Phi) is 6.08. The van der Waals surface area contributed by atoms with E-state index < -0.39 is 0 Å². The fourth-order valence-electron chi connectivity index (χ4n) is 3.01. The Morgan fingerprint density at radius 2 is 1.96 bits per heavy atom. The lowest BCUT2D eigenvalue weighted by Crippen LogP contribution is -2.10. The third kappa shape index (κ3) is 4.12. The molecule has 27 heavy (non-hydrogen) atoms. The number of hydrogen-bond acceptors (Lipinski definition) is 6. The van der Waals surface area contributed by atoms with Crippen LogP contribution in [0.1, 0.15) is 21.7 Å². The first kappa shape index (κ1) is 19.3. The molecule has 0 aromatic carbocycles. The van der Waals surface area contributed by atoms with E-state index in [0.717, 1.165) is 34.9 Å². The van der Waals surface area contributed by atoms with Gasteiger partial charge in [0, 0.05) is 55.6 Å². The van der Waals surface area contributed by atoms with Crippen molar-refractivity contribution in [2.24, 2.45) is 7.05 Å². The van der Waals surface area contributed by atoms with Gasteiger partial charge in [-0.25, -0.2) is 0 Å². The van der Waals surface area contributed by atoms with Crippen LogP contribution in [0.4, 0.5) is 0 Å². The van der Waals surface area contributed by atoms with Gasteiger partial charge in [0.2, 0.25) is 0 Å². The highest BCUT2D eigenvalue weighted by atomic mass is 32.2. The van der Waals surface area contributed by atoms with Gasteiger partial charge >= 0.3 is 0 Å². The highest BCUT2D eigenvalue weighted by Crippen LogP contribution is 2.24. The van der Waals surface area contributed by atoms with Crippen LogP contribution in [-0.4, -0.2) is 49.6 Å². The second kappa shape index (κ2) is 8.49. The molecule has 142 valence electrons. The summed E-state index contributed by atoms with van der Waals surface area (Å²) in [6.07, 6.45) is 3.44. The third-order valence-corrected chi connectivity index (χ3v) is 5.52. The van der Waals surface area contributed by atoms with E-state index in [1.807, 2.05) is 43.7 Å². The predicted molar refractivity (Wildman–Crippen MR) is 105 cm³/mol. The molecule has 0 N–H and O–H groups in total. The zero-order valence-electron chi connectivity index (χ0n) is 16.0. The van der Waals surface area contributed by atoms with Gasteiger partial charge in [0.05, 0.1) is 12.4 Å². The van der Waals surface area contributed by atoms with Crippen LogP contribution in [0.15, 0.2) is 35.7 Å². The molecule has 0 fully saturated rings. The monoisotopic (exact) mass is 385 g/mol. The van der Waals surface area contributed by atoms with E-state index in [2.05, 4.69) is 19.7 Å². The van der Waals surface area contributed by atoms with Gasteiger partial charge < -0.3 is 13.9 Å².